The number of sulfonamides is 1. The number of aromatic hydroxyl groups is 1. The molecule has 0 aliphatic carbocycles. The molecule has 4 N–H and O–H groups in total. The number of likely N-dealkylation sites (tertiary alicyclic amines) is 1. The van der Waals surface area contributed by atoms with Crippen molar-refractivity contribution in [1.82, 2.24) is 20.5 Å². The van der Waals surface area contributed by atoms with Crippen LogP contribution in [0.1, 0.15) is 94.6 Å². The van der Waals surface area contributed by atoms with Crippen molar-refractivity contribution in [1.29, 1.82) is 0 Å². The number of fused-ring (bicyclic) bond motifs is 2. The normalized spacial score (nSPS) is 20.3. The Morgan fingerprint density at radius 1 is 0.868 bits per heavy atom. The molecule has 2 bridgehead atoms. The third-order valence-corrected chi connectivity index (χ3v) is 17.2. The number of aromatic nitrogens is 1. The zero-order valence-electron chi connectivity index (χ0n) is 43.2. The van der Waals surface area contributed by atoms with Crippen LogP contribution in [0.15, 0.2) is 103 Å². The number of amides is 3. The first-order valence-corrected chi connectivity index (χ1v) is 27.6. The molecule has 7 unspecified atom stereocenters. The number of nitrogens with one attached hydrogen (secondary N) is 2. The first-order valence-electron chi connectivity index (χ1n) is 25.3. The number of carbonyl (C=O) groups is 3. The summed E-state index contributed by atoms with van der Waals surface area (Å²) >= 11 is 1.56. The van der Waals surface area contributed by atoms with Gasteiger partial charge in [-0.15, -0.1) is 11.3 Å². The van der Waals surface area contributed by atoms with Crippen molar-refractivity contribution in [2.45, 2.75) is 121 Å². The molecule has 7 atom stereocenters. The zero-order valence-corrected chi connectivity index (χ0v) is 44.8. The summed E-state index contributed by atoms with van der Waals surface area (Å²) in [5.74, 6) is -0.292. The van der Waals surface area contributed by atoms with Gasteiger partial charge in [0.1, 0.15) is 47.2 Å². The molecule has 0 saturated carbocycles. The number of benzene rings is 4. The lowest BCUT2D eigenvalue weighted by Crippen LogP contribution is -2.57. The van der Waals surface area contributed by atoms with Gasteiger partial charge in [-0.25, -0.2) is 13.4 Å². The van der Waals surface area contributed by atoms with Gasteiger partial charge < -0.3 is 40.0 Å². The van der Waals surface area contributed by atoms with Gasteiger partial charge in [0.25, 0.3) is 0 Å². The Labute approximate surface area is 445 Å². The highest BCUT2D eigenvalue weighted by atomic mass is 32.2. The van der Waals surface area contributed by atoms with Crippen LogP contribution in [-0.4, -0.2) is 115 Å². The topological polar surface area (TPSA) is 197 Å². The summed E-state index contributed by atoms with van der Waals surface area (Å²) in [4.78, 5) is 48.1. The third kappa shape index (κ3) is 12.7. The Hall–Kier alpha value is -6.48. The number of thiazole rings is 1. The van der Waals surface area contributed by atoms with Gasteiger partial charge in [-0.05, 0) is 127 Å². The molecule has 0 radical (unpaired) electrons. The lowest BCUT2D eigenvalue weighted by Gasteiger charge is -2.35. The molecule has 4 aromatic carbocycles. The number of halogens is 3. The summed E-state index contributed by atoms with van der Waals surface area (Å²) in [7, 11) is -3.29. The van der Waals surface area contributed by atoms with E-state index in [2.05, 4.69) is 15.6 Å². The van der Waals surface area contributed by atoms with Crippen molar-refractivity contribution >= 4 is 55.9 Å². The number of nitrogens with zero attached hydrogens (tertiary/aromatic N) is 3. The number of methoxy groups -OCH3 is 1. The lowest BCUT2D eigenvalue weighted by atomic mass is 9.83. The van der Waals surface area contributed by atoms with Crippen molar-refractivity contribution < 1.29 is 60.4 Å². The number of β-amino-alcohol motifs (C(OH)–C–C–N with tert-alkyl or cyclic N) is 1. The van der Waals surface area contributed by atoms with Crippen molar-refractivity contribution in [3.63, 3.8) is 0 Å². The van der Waals surface area contributed by atoms with Crippen molar-refractivity contribution in [2.75, 3.05) is 31.1 Å². The molecule has 76 heavy (non-hydrogen) atoms. The van der Waals surface area contributed by atoms with E-state index in [1.165, 1.54) is 48.4 Å². The molecule has 1 aromatic heterocycles. The van der Waals surface area contributed by atoms with Gasteiger partial charge in [-0.1, -0.05) is 69.3 Å². The van der Waals surface area contributed by atoms with Gasteiger partial charge >= 0.3 is 6.18 Å². The number of anilines is 1. The highest BCUT2D eigenvalue weighted by molar-refractivity contribution is 7.93. The van der Waals surface area contributed by atoms with Gasteiger partial charge in [0, 0.05) is 19.4 Å². The smallest absolute Gasteiger partial charge is 0.407 e. The average molecular weight is 1090 g/mol. The Morgan fingerprint density at radius 2 is 1.50 bits per heavy atom. The van der Waals surface area contributed by atoms with E-state index in [0.717, 1.165) is 21.7 Å². The standard InChI is InChI=1S/C56H64F3N5O10S2/c1-33(35-11-13-38(14-12-35)51-34(2)60-32-75-51)61-53(68)44-28-41(66)30-63(44)54(69)52(55(3,4)5)62-47(67)10-8-7-9-27-73-43-23-17-37(18-24-43)49-48(36-15-21-40(65)22-16-36)45-29-46(50(49)74-45)76(70,71)64(31-56(57,58)59)39-19-25-42(72-6)26-20-39/h11-26,32-33,41,44-46,50,52,65-66H,7-10,27-31H2,1-6H3,(H,61,68)(H,62,67). The Morgan fingerprint density at radius 3 is 2.12 bits per heavy atom. The van der Waals surface area contributed by atoms with E-state index in [1.807, 2.05) is 58.9 Å². The number of carbonyl (C=O) groups excluding carboxylic acids is 3. The van der Waals surface area contributed by atoms with E-state index >= 15 is 0 Å². The fraction of sp³-hybridized carbons (Fsp3) is 0.429. The minimum Gasteiger partial charge on any atom is -0.508 e. The van der Waals surface area contributed by atoms with Crippen molar-refractivity contribution in [3.05, 3.63) is 125 Å². The maximum absolute atomic E-state index is 14.4. The van der Waals surface area contributed by atoms with Crippen LogP contribution in [0, 0.1) is 12.3 Å². The summed E-state index contributed by atoms with van der Waals surface area (Å²) in [5, 5.41) is 25.3. The fourth-order valence-corrected chi connectivity index (χ4v) is 12.9. The molecule has 3 aliphatic heterocycles. The minimum atomic E-state index is -4.85. The first kappa shape index (κ1) is 55.7. The van der Waals surface area contributed by atoms with E-state index in [4.69, 9.17) is 14.2 Å². The monoisotopic (exact) mass is 1090 g/mol. The van der Waals surface area contributed by atoms with Crippen LogP contribution >= 0.6 is 11.3 Å². The molecule has 20 heteroatoms. The Balaban J connectivity index is 0.856. The van der Waals surface area contributed by atoms with Crippen LogP contribution < -0.4 is 24.4 Å². The summed E-state index contributed by atoms with van der Waals surface area (Å²) < 4.78 is 88.8. The number of unbranched alkanes of at least 4 members (excludes halogenated alkanes) is 2. The zero-order chi connectivity index (χ0) is 54.7. The minimum absolute atomic E-state index is 0.0212. The number of hydrogen-bond acceptors (Lipinski definition) is 12. The molecular weight excluding hydrogens is 1020 g/mol. The quantitative estimate of drug-likeness (QED) is 0.0543. The second kappa shape index (κ2) is 23.0. The maximum atomic E-state index is 14.4. The summed E-state index contributed by atoms with van der Waals surface area (Å²) in [6.07, 6.45) is -5.84. The number of alkyl halides is 3. The van der Waals surface area contributed by atoms with Crippen LogP contribution in [0.5, 0.6) is 17.2 Å². The maximum Gasteiger partial charge on any atom is 0.407 e. The van der Waals surface area contributed by atoms with E-state index in [9.17, 15) is 46.2 Å². The molecule has 5 aromatic rings. The number of phenolic OH excluding ortho intramolecular Hbond substituents is 1. The number of rotatable bonds is 20. The van der Waals surface area contributed by atoms with Gasteiger partial charge in [0.05, 0.1) is 53.7 Å². The number of aliphatic hydroxyl groups is 1. The summed E-state index contributed by atoms with van der Waals surface area (Å²) in [5.41, 5.74) is 6.19. The predicted molar refractivity (Wildman–Crippen MR) is 284 cm³/mol. The molecule has 8 rings (SSSR count). The van der Waals surface area contributed by atoms with Crippen molar-refractivity contribution in [3.8, 4) is 27.7 Å². The first-order chi connectivity index (χ1) is 36.0. The van der Waals surface area contributed by atoms with Gasteiger partial charge in [-0.2, -0.15) is 13.2 Å². The second-order valence-electron chi connectivity index (χ2n) is 20.6. The van der Waals surface area contributed by atoms with Crippen LogP contribution in [-0.2, 0) is 29.1 Å². The SMILES string of the molecule is COc1ccc(N(CC(F)(F)F)S(=O)(=O)C2CC3OC2C(c2ccc(OCCCCCC(=O)NC(C(=O)N4CC(O)CC4C(=O)NC(C)c4ccc(-c5scnc5C)cc4)C(C)(C)C)cc2)=C3c2ccc(O)cc2)cc1. The third-order valence-electron chi connectivity index (χ3n) is 14.1. The molecule has 406 valence electrons. The van der Waals surface area contributed by atoms with Crippen LogP contribution in [0.25, 0.3) is 21.6 Å². The van der Waals surface area contributed by atoms with E-state index in [1.54, 1.807) is 53.2 Å². The molecule has 3 amide bonds. The van der Waals surface area contributed by atoms with Gasteiger partial charge in [-0.3, -0.25) is 18.7 Å². The largest absolute Gasteiger partial charge is 0.508 e. The predicted octanol–water partition coefficient (Wildman–Crippen LogP) is 8.99. The van der Waals surface area contributed by atoms with Crippen molar-refractivity contribution in [2.24, 2.45) is 5.41 Å². The average Bonchev–Trinajstić information content (AvgIpc) is 4.21. The number of hydrogen-bond donors (Lipinski definition) is 4. The molecule has 15 nitrogen and oxygen atoms in total. The number of ether oxygens (including phenoxy) is 3. The van der Waals surface area contributed by atoms with Crippen LogP contribution in [0.2, 0.25) is 0 Å². The van der Waals surface area contributed by atoms with E-state index < -0.39 is 75.6 Å². The summed E-state index contributed by atoms with van der Waals surface area (Å²) in [6, 6.07) is 24.2. The number of aryl methyl sites for hydroxylation is 1. The Kier molecular flexibility index (Phi) is 16.9. The van der Waals surface area contributed by atoms with E-state index in [0.29, 0.717) is 63.9 Å². The number of aliphatic hydroxyl groups excluding tert-OH is 1. The Bertz CT molecular complexity index is 3000. The molecule has 3 aliphatic rings. The molecule has 2 saturated heterocycles. The van der Waals surface area contributed by atoms with Crippen LogP contribution in [0.3, 0.4) is 0 Å². The highest BCUT2D eigenvalue weighted by Gasteiger charge is 2.55. The summed E-state index contributed by atoms with van der Waals surface area (Å²) in [6.45, 7) is 7.84. The van der Waals surface area contributed by atoms with Gasteiger partial charge in [0.2, 0.25) is 27.7 Å². The molecular formula is C56H64F3N5O10S2. The molecule has 2 fully saturated rings. The fourth-order valence-electron chi connectivity index (χ4n) is 10.1. The second-order valence-corrected chi connectivity index (χ2v) is 23.6. The highest BCUT2D eigenvalue weighted by Crippen LogP contribution is 2.52. The van der Waals surface area contributed by atoms with E-state index in [-0.39, 0.29) is 49.2 Å². The van der Waals surface area contributed by atoms with Gasteiger partial charge in [0.15, 0.2) is 0 Å². The lowest BCUT2D eigenvalue weighted by molar-refractivity contribution is -0.144. The van der Waals surface area contributed by atoms with Crippen LogP contribution in [0.4, 0.5) is 18.9 Å². The molecule has 0 spiro atoms. The number of phenols is 1. The molecule has 4 heterocycles.